The largest absolute Gasteiger partial charge is 0.507 e. The zero-order valence-corrected chi connectivity index (χ0v) is 28.7. The molecule has 1 aromatic heterocycles. The zero-order chi connectivity index (χ0) is 33.5. The maximum atomic E-state index is 13.7. The van der Waals surface area contributed by atoms with Gasteiger partial charge in [0.15, 0.2) is 15.8 Å². The Kier molecular flexibility index (Phi) is 11.5. The van der Waals surface area contributed by atoms with Gasteiger partial charge in [-0.3, -0.25) is 14.5 Å². The highest BCUT2D eigenvalue weighted by atomic mass is 35.5. The van der Waals surface area contributed by atoms with E-state index < -0.39 is 17.7 Å². The van der Waals surface area contributed by atoms with Crippen LogP contribution in [-0.2, 0) is 15.3 Å². The van der Waals surface area contributed by atoms with Crippen molar-refractivity contribution in [2.75, 3.05) is 24.7 Å². The van der Waals surface area contributed by atoms with Crippen LogP contribution in [0.1, 0.15) is 43.0 Å². The molecule has 0 radical (unpaired) electrons. The monoisotopic (exact) mass is 711 g/mol. The molecule has 4 aromatic rings. The Morgan fingerprint density at radius 3 is 2.51 bits per heavy atom. The molecule has 3 aromatic carbocycles. The van der Waals surface area contributed by atoms with Crippen LogP contribution in [0, 0.1) is 0 Å². The standard InChI is InChI=1S/C34H31Cl2N3O6S2/c1-4-15-44-24-12-8-20(9-13-24)30(40)28-29(21-10-14-26(45-16-5-2)27(17-21)43-6-3)39(32(42)31(28)41)33-37-38-34(47-33)46-19-22-7-11-23(35)18-25(22)36/h5,7-14,17-18,29,40H,2,4,6,15-16,19H2,1,3H3/b30-28+. The number of thioether (sulfide) groups is 1. The molecule has 2 heterocycles. The van der Waals surface area contributed by atoms with Crippen molar-refractivity contribution in [1.29, 1.82) is 0 Å². The van der Waals surface area contributed by atoms with Crippen molar-refractivity contribution >= 4 is 68.9 Å². The molecule has 47 heavy (non-hydrogen) atoms. The van der Waals surface area contributed by atoms with E-state index in [9.17, 15) is 14.7 Å². The Bertz CT molecular complexity index is 1810. The van der Waals surface area contributed by atoms with Crippen LogP contribution in [-0.4, -0.2) is 46.8 Å². The van der Waals surface area contributed by atoms with Crippen molar-refractivity contribution < 1.29 is 28.9 Å². The van der Waals surface area contributed by atoms with Gasteiger partial charge in [-0.05, 0) is 73.0 Å². The van der Waals surface area contributed by atoms with Gasteiger partial charge in [0.05, 0.1) is 24.8 Å². The third-order valence-corrected chi connectivity index (χ3v) is 9.64. The third-order valence-electron chi connectivity index (χ3n) is 6.95. The quantitative estimate of drug-likeness (QED) is 0.0344. The molecule has 244 valence electrons. The molecule has 1 aliphatic heterocycles. The number of aliphatic hydroxyl groups excluding tert-OH is 1. The van der Waals surface area contributed by atoms with E-state index in [-0.39, 0.29) is 23.1 Å². The van der Waals surface area contributed by atoms with Crippen molar-refractivity contribution in [3.63, 3.8) is 0 Å². The first kappa shape index (κ1) is 34.3. The topological polar surface area (TPSA) is 111 Å². The highest BCUT2D eigenvalue weighted by Gasteiger charge is 2.48. The van der Waals surface area contributed by atoms with Crippen molar-refractivity contribution in [3.8, 4) is 17.2 Å². The van der Waals surface area contributed by atoms with Gasteiger partial charge >= 0.3 is 5.91 Å². The number of amides is 1. The molecule has 0 saturated carbocycles. The number of nitrogens with zero attached hydrogens (tertiary/aromatic N) is 3. The van der Waals surface area contributed by atoms with Crippen LogP contribution in [0.2, 0.25) is 10.0 Å². The Hall–Kier alpha value is -4.03. The molecule has 1 unspecified atom stereocenters. The number of hydrogen-bond donors (Lipinski definition) is 1. The molecule has 1 amide bonds. The number of rotatable bonds is 14. The van der Waals surface area contributed by atoms with Crippen LogP contribution in [0.15, 0.2) is 83.2 Å². The molecule has 13 heteroatoms. The Morgan fingerprint density at radius 1 is 1.02 bits per heavy atom. The van der Waals surface area contributed by atoms with Crippen molar-refractivity contribution in [2.24, 2.45) is 0 Å². The lowest BCUT2D eigenvalue weighted by Crippen LogP contribution is -2.29. The number of carbonyl (C=O) groups excluding carboxylic acids is 2. The lowest BCUT2D eigenvalue weighted by molar-refractivity contribution is -0.132. The van der Waals surface area contributed by atoms with E-state index in [1.807, 2.05) is 19.9 Å². The van der Waals surface area contributed by atoms with Crippen LogP contribution < -0.4 is 19.1 Å². The van der Waals surface area contributed by atoms with Crippen molar-refractivity contribution in [2.45, 2.75) is 36.4 Å². The van der Waals surface area contributed by atoms with Crippen LogP contribution in [0.3, 0.4) is 0 Å². The molecule has 1 aliphatic rings. The van der Waals surface area contributed by atoms with E-state index in [1.54, 1.807) is 60.7 Å². The normalized spacial score (nSPS) is 15.6. The first-order valence-electron chi connectivity index (χ1n) is 14.7. The number of ketones is 1. The number of hydrogen-bond acceptors (Lipinski definition) is 10. The summed E-state index contributed by atoms with van der Waals surface area (Å²) in [6.45, 7) is 8.67. The Balaban J connectivity index is 1.56. The first-order valence-corrected chi connectivity index (χ1v) is 17.3. The Labute approximate surface area is 290 Å². The predicted molar refractivity (Wildman–Crippen MR) is 186 cm³/mol. The molecule has 0 spiro atoms. The summed E-state index contributed by atoms with van der Waals surface area (Å²) in [6, 6.07) is 16.0. The number of anilines is 1. The summed E-state index contributed by atoms with van der Waals surface area (Å²) in [4.78, 5) is 28.7. The second-order valence-electron chi connectivity index (χ2n) is 10.2. The van der Waals surface area contributed by atoms with E-state index >= 15 is 0 Å². The summed E-state index contributed by atoms with van der Waals surface area (Å²) in [7, 11) is 0. The average molecular weight is 713 g/mol. The molecular formula is C34H31Cl2N3O6S2. The highest BCUT2D eigenvalue weighted by molar-refractivity contribution is 8.00. The van der Waals surface area contributed by atoms with Crippen LogP contribution >= 0.6 is 46.3 Å². The number of benzene rings is 3. The molecule has 9 nitrogen and oxygen atoms in total. The molecule has 1 atom stereocenters. The van der Waals surface area contributed by atoms with Gasteiger partial charge < -0.3 is 19.3 Å². The molecule has 1 saturated heterocycles. The fraction of sp³-hybridized carbons (Fsp3) is 0.235. The fourth-order valence-corrected chi connectivity index (χ4v) is 7.22. The van der Waals surface area contributed by atoms with Gasteiger partial charge in [-0.2, -0.15) is 0 Å². The molecule has 0 bridgehead atoms. The number of Topliss-reactive ketones (excluding diaryl/α,β-unsaturated/α-hetero) is 1. The number of ether oxygens (including phenoxy) is 3. The maximum absolute atomic E-state index is 13.7. The average Bonchev–Trinajstić information content (AvgIpc) is 3.64. The summed E-state index contributed by atoms with van der Waals surface area (Å²) in [5.74, 6) is -0.0722. The minimum atomic E-state index is -1.05. The summed E-state index contributed by atoms with van der Waals surface area (Å²) >= 11 is 14.9. The maximum Gasteiger partial charge on any atom is 0.301 e. The van der Waals surface area contributed by atoms with Gasteiger partial charge in [-0.15, -0.1) is 10.2 Å². The van der Waals surface area contributed by atoms with Crippen LogP contribution in [0.5, 0.6) is 17.2 Å². The zero-order valence-electron chi connectivity index (χ0n) is 25.6. The molecule has 0 aliphatic carbocycles. The van der Waals surface area contributed by atoms with Gasteiger partial charge in [-0.25, -0.2) is 0 Å². The number of aromatic nitrogens is 2. The van der Waals surface area contributed by atoms with Gasteiger partial charge in [-0.1, -0.05) is 78.0 Å². The van der Waals surface area contributed by atoms with Gasteiger partial charge in [0.25, 0.3) is 5.78 Å². The highest BCUT2D eigenvalue weighted by Crippen LogP contribution is 2.46. The lowest BCUT2D eigenvalue weighted by atomic mass is 9.95. The third kappa shape index (κ3) is 7.76. The van der Waals surface area contributed by atoms with E-state index in [2.05, 4.69) is 16.8 Å². The van der Waals surface area contributed by atoms with Crippen LogP contribution in [0.4, 0.5) is 5.13 Å². The van der Waals surface area contributed by atoms with E-state index in [0.717, 1.165) is 23.3 Å². The number of halogens is 2. The smallest absolute Gasteiger partial charge is 0.301 e. The molecular weight excluding hydrogens is 681 g/mol. The first-order chi connectivity index (χ1) is 22.7. The minimum Gasteiger partial charge on any atom is -0.507 e. The fourth-order valence-electron chi connectivity index (χ4n) is 4.80. The molecule has 1 fully saturated rings. The van der Waals surface area contributed by atoms with Crippen molar-refractivity contribution in [3.05, 3.63) is 106 Å². The SMILES string of the molecule is C=CCOc1ccc(C2/C(=C(\O)c3ccc(OCCC)cc3)C(=O)C(=O)N2c2nnc(SCc3ccc(Cl)cc3Cl)s2)cc1OCC. The number of carbonyl (C=O) groups is 2. The van der Waals surface area contributed by atoms with Crippen LogP contribution in [0.25, 0.3) is 5.76 Å². The predicted octanol–water partition coefficient (Wildman–Crippen LogP) is 8.52. The Morgan fingerprint density at radius 2 is 1.81 bits per heavy atom. The lowest BCUT2D eigenvalue weighted by Gasteiger charge is -2.23. The van der Waals surface area contributed by atoms with E-state index in [1.165, 1.54) is 16.7 Å². The molecule has 1 N–H and O–H groups in total. The van der Waals surface area contributed by atoms with Gasteiger partial charge in [0, 0.05) is 21.4 Å². The van der Waals surface area contributed by atoms with Gasteiger partial charge in [0.1, 0.15) is 18.1 Å². The van der Waals surface area contributed by atoms with E-state index in [4.69, 9.17) is 37.4 Å². The second-order valence-corrected chi connectivity index (χ2v) is 13.2. The summed E-state index contributed by atoms with van der Waals surface area (Å²) in [5, 5.41) is 21.4. The summed E-state index contributed by atoms with van der Waals surface area (Å²) < 4.78 is 17.9. The summed E-state index contributed by atoms with van der Waals surface area (Å²) in [6.07, 6.45) is 2.45. The molecule has 5 rings (SSSR count). The second kappa shape index (κ2) is 15.7. The van der Waals surface area contributed by atoms with Gasteiger partial charge in [0.2, 0.25) is 5.13 Å². The summed E-state index contributed by atoms with van der Waals surface area (Å²) in [5.41, 5.74) is 1.60. The van der Waals surface area contributed by atoms with Crippen molar-refractivity contribution in [1.82, 2.24) is 10.2 Å². The van der Waals surface area contributed by atoms with E-state index in [0.29, 0.717) is 61.7 Å². The number of aliphatic hydroxyl groups is 1. The minimum absolute atomic E-state index is 0.100.